The molecule has 34 heavy (non-hydrogen) atoms. The Bertz CT molecular complexity index is 1230. The number of imide groups is 1. The maximum absolute atomic E-state index is 12.6. The molecule has 3 amide bonds. The maximum Gasteiger partial charge on any atom is 0.328 e. The van der Waals surface area contributed by atoms with Crippen LogP contribution in [0.2, 0.25) is 0 Å². The average molecular weight is 506 g/mol. The Labute approximate surface area is 205 Å². The molecule has 10 heteroatoms. The third-order valence-corrected chi connectivity index (χ3v) is 6.12. The van der Waals surface area contributed by atoms with Gasteiger partial charge in [-0.15, -0.1) is 0 Å². The molecular weight excluding hydrogens is 478 g/mol. The van der Waals surface area contributed by atoms with Crippen molar-refractivity contribution < 1.29 is 22.7 Å². The molecule has 1 fully saturated rings. The molecule has 1 aliphatic heterocycles. The molecule has 1 saturated heterocycles. The van der Waals surface area contributed by atoms with Crippen LogP contribution in [-0.4, -0.2) is 40.3 Å². The van der Waals surface area contributed by atoms with E-state index in [-0.39, 0.29) is 17.7 Å². The maximum atomic E-state index is 12.6. The number of amides is 3. The van der Waals surface area contributed by atoms with Crippen LogP contribution < -0.4 is 19.7 Å². The number of anilines is 2. The lowest BCUT2D eigenvalue weighted by molar-refractivity contribution is -0.118. The molecule has 8 nitrogen and oxygen atoms in total. The van der Waals surface area contributed by atoms with Crippen molar-refractivity contribution in [3.8, 4) is 5.75 Å². The Morgan fingerprint density at radius 2 is 1.82 bits per heavy atom. The molecule has 0 unspecified atom stereocenters. The zero-order valence-corrected chi connectivity index (χ0v) is 21.3. The van der Waals surface area contributed by atoms with Crippen LogP contribution in [-0.2, 0) is 20.2 Å². The van der Waals surface area contributed by atoms with E-state index in [4.69, 9.17) is 16.3 Å². The van der Waals surface area contributed by atoms with Gasteiger partial charge in [0.2, 0.25) is 15.9 Å². The summed E-state index contributed by atoms with van der Waals surface area (Å²) in [5.41, 5.74) is 2.54. The molecule has 0 radical (unpaired) electrons. The van der Waals surface area contributed by atoms with Crippen LogP contribution in [0.25, 0.3) is 11.1 Å². The average Bonchev–Trinajstić information content (AvgIpc) is 2.72. The fraction of sp³-hybridized carbons (Fsp3) is 0.333. The van der Waals surface area contributed by atoms with Gasteiger partial charge in [-0.1, -0.05) is 44.5 Å². The number of nitrogens with zero attached hydrogens (tertiary/aromatic N) is 1. The Morgan fingerprint density at radius 1 is 1.18 bits per heavy atom. The van der Waals surface area contributed by atoms with Crippen LogP contribution in [0.15, 0.2) is 36.4 Å². The number of hydrogen-bond acceptors (Lipinski definition) is 5. The molecule has 1 heterocycles. The molecule has 3 rings (SSSR count). The van der Waals surface area contributed by atoms with E-state index in [0.717, 1.165) is 16.7 Å². The van der Waals surface area contributed by atoms with Gasteiger partial charge in [-0.3, -0.25) is 9.52 Å². The number of benzene rings is 2. The van der Waals surface area contributed by atoms with E-state index >= 15 is 0 Å². The number of ether oxygens (including phenoxy) is 1. The van der Waals surface area contributed by atoms with E-state index < -0.39 is 16.1 Å². The monoisotopic (exact) mass is 505 g/mol. The number of methoxy groups -OCH3 is 1. The zero-order valence-electron chi connectivity index (χ0n) is 19.7. The fourth-order valence-corrected chi connectivity index (χ4v) is 4.44. The van der Waals surface area contributed by atoms with E-state index in [1.807, 2.05) is 20.8 Å². The molecule has 0 atom stereocenters. The molecule has 2 aromatic carbocycles. The number of sulfonamides is 1. The van der Waals surface area contributed by atoms with Gasteiger partial charge in [-0.25, -0.2) is 18.1 Å². The second-order valence-corrected chi connectivity index (χ2v) is 11.2. The first-order chi connectivity index (χ1) is 15.8. The summed E-state index contributed by atoms with van der Waals surface area (Å²) in [5, 5.41) is 3.07. The Kier molecular flexibility index (Phi) is 7.28. The number of urea groups is 1. The summed E-state index contributed by atoms with van der Waals surface area (Å²) in [6.45, 7) is 6.33. The first-order valence-corrected chi connectivity index (χ1v) is 12.9. The summed E-state index contributed by atoms with van der Waals surface area (Å²) >= 11 is 6.62. The van der Waals surface area contributed by atoms with Crippen LogP contribution in [0.3, 0.4) is 0 Å². The van der Waals surface area contributed by atoms with Crippen molar-refractivity contribution in [3.05, 3.63) is 53.1 Å². The highest BCUT2D eigenvalue weighted by molar-refractivity contribution is 7.92. The largest absolute Gasteiger partial charge is 0.496 e. The molecular formula is C24H28ClN3O5S. The quantitative estimate of drug-likeness (QED) is 0.560. The van der Waals surface area contributed by atoms with Crippen molar-refractivity contribution in [2.24, 2.45) is 0 Å². The molecule has 2 aromatic rings. The molecule has 0 spiro atoms. The number of carbonyl (C=O) groups excluding carboxylic acids is 2. The highest BCUT2D eigenvalue weighted by atomic mass is 35.5. The third-order valence-electron chi connectivity index (χ3n) is 5.19. The zero-order chi connectivity index (χ0) is 25.3. The van der Waals surface area contributed by atoms with Crippen LogP contribution >= 0.6 is 11.6 Å². The minimum absolute atomic E-state index is 0.211. The number of rotatable bonds is 6. The van der Waals surface area contributed by atoms with Gasteiger partial charge < -0.3 is 10.1 Å². The van der Waals surface area contributed by atoms with Gasteiger partial charge in [0, 0.05) is 34.8 Å². The number of halogens is 1. The van der Waals surface area contributed by atoms with Crippen molar-refractivity contribution in [3.63, 3.8) is 0 Å². The van der Waals surface area contributed by atoms with Gasteiger partial charge in [0.25, 0.3) is 0 Å². The topological polar surface area (TPSA) is 105 Å². The minimum Gasteiger partial charge on any atom is -0.496 e. The number of carbonyl (C=O) groups is 2. The second kappa shape index (κ2) is 9.68. The molecule has 1 aliphatic rings. The number of nitrogens with one attached hydrogen (secondary N) is 2. The van der Waals surface area contributed by atoms with E-state index in [9.17, 15) is 18.0 Å². The molecule has 182 valence electrons. The van der Waals surface area contributed by atoms with Crippen molar-refractivity contribution in [2.45, 2.75) is 32.6 Å². The van der Waals surface area contributed by atoms with Gasteiger partial charge in [0.05, 0.1) is 19.1 Å². The van der Waals surface area contributed by atoms with Gasteiger partial charge in [-0.2, -0.15) is 0 Å². The van der Waals surface area contributed by atoms with Crippen LogP contribution in [0.5, 0.6) is 5.75 Å². The highest BCUT2D eigenvalue weighted by Gasteiger charge is 2.30. The lowest BCUT2D eigenvalue weighted by Gasteiger charge is -2.29. The van der Waals surface area contributed by atoms with Crippen LogP contribution in [0.1, 0.15) is 43.9 Å². The Hall–Kier alpha value is -3.04. The van der Waals surface area contributed by atoms with Crippen molar-refractivity contribution >= 4 is 56.0 Å². The van der Waals surface area contributed by atoms with E-state index in [0.29, 0.717) is 39.8 Å². The lowest BCUT2D eigenvalue weighted by Crippen LogP contribution is -2.50. The van der Waals surface area contributed by atoms with E-state index in [2.05, 4.69) is 10.0 Å². The molecule has 0 aliphatic carbocycles. The molecule has 0 saturated carbocycles. The predicted molar refractivity (Wildman–Crippen MR) is 136 cm³/mol. The number of hydrogen-bond donors (Lipinski definition) is 2. The minimum atomic E-state index is -3.39. The SMILES string of the molecule is COc1c(C=C(Cl)c2ccc(NS(C)(=O)=O)cc2)cc(N2C(=O)CCNC2=O)cc1C(C)(C)C. The summed E-state index contributed by atoms with van der Waals surface area (Å²) in [5.74, 6) is 0.290. The normalized spacial score (nSPS) is 15.2. The Balaban J connectivity index is 2.11. The summed E-state index contributed by atoms with van der Waals surface area (Å²) in [6, 6.07) is 9.60. The second-order valence-electron chi connectivity index (χ2n) is 9.02. The van der Waals surface area contributed by atoms with Gasteiger partial charge in [0.1, 0.15) is 5.75 Å². The van der Waals surface area contributed by atoms with E-state index in [1.165, 1.54) is 0 Å². The van der Waals surface area contributed by atoms with E-state index in [1.54, 1.807) is 49.6 Å². The summed E-state index contributed by atoms with van der Waals surface area (Å²) < 4.78 is 31.0. The molecule has 0 bridgehead atoms. The van der Waals surface area contributed by atoms with Crippen LogP contribution in [0.4, 0.5) is 16.2 Å². The van der Waals surface area contributed by atoms with Gasteiger partial charge >= 0.3 is 6.03 Å². The van der Waals surface area contributed by atoms with Crippen molar-refractivity contribution in [2.75, 3.05) is 29.5 Å². The van der Waals surface area contributed by atoms with Crippen LogP contribution in [0, 0.1) is 0 Å². The highest BCUT2D eigenvalue weighted by Crippen LogP contribution is 2.40. The first-order valence-electron chi connectivity index (χ1n) is 10.6. The standard InChI is InChI=1S/C24H28ClN3O5S/c1-24(2,3)19-14-18(28-21(29)10-11-26-23(28)30)12-16(22(19)33-4)13-20(25)15-6-8-17(9-7-15)27-34(5,31)32/h6-9,12-14,27H,10-11H2,1-5H3,(H,26,30). The predicted octanol–water partition coefficient (Wildman–Crippen LogP) is 4.55. The third kappa shape index (κ3) is 5.90. The summed E-state index contributed by atoms with van der Waals surface area (Å²) in [7, 11) is -1.83. The molecule has 2 N–H and O–H groups in total. The van der Waals surface area contributed by atoms with Crippen molar-refractivity contribution in [1.82, 2.24) is 5.32 Å². The Morgan fingerprint density at radius 3 is 2.35 bits per heavy atom. The summed E-state index contributed by atoms with van der Waals surface area (Å²) in [4.78, 5) is 26.2. The first kappa shape index (κ1) is 25.6. The van der Waals surface area contributed by atoms with Crippen molar-refractivity contribution in [1.29, 1.82) is 0 Å². The smallest absolute Gasteiger partial charge is 0.328 e. The lowest BCUT2D eigenvalue weighted by atomic mass is 9.84. The molecule has 0 aromatic heterocycles. The van der Waals surface area contributed by atoms with Gasteiger partial charge in [0.15, 0.2) is 0 Å². The van der Waals surface area contributed by atoms with Gasteiger partial charge in [-0.05, 0) is 41.3 Å². The summed E-state index contributed by atoms with van der Waals surface area (Å²) in [6.07, 6.45) is 2.99. The fourth-order valence-electron chi connectivity index (χ4n) is 3.63.